The molecule has 4 heteroatoms. The summed E-state index contributed by atoms with van der Waals surface area (Å²) in [6, 6.07) is 80.8. The topological polar surface area (TPSA) is 35.6 Å². The molecule has 14 aromatic rings. The number of hydrogen-bond acceptors (Lipinski definition) is 2. The highest BCUT2D eigenvalue weighted by atomic mass is 15.0. The van der Waals surface area contributed by atoms with Crippen molar-refractivity contribution in [1.29, 1.82) is 0 Å². The molecule has 16 rings (SSSR count). The molecule has 0 saturated carbocycles. The number of rotatable bonds is 4. The molecule has 0 atom stereocenters. The van der Waals surface area contributed by atoms with Gasteiger partial charge in [-0.15, -0.1) is 0 Å². The van der Waals surface area contributed by atoms with E-state index in [2.05, 4.69) is 255 Å². The van der Waals surface area contributed by atoms with E-state index in [0.29, 0.717) is 0 Å². The Labute approximate surface area is 428 Å². The molecule has 0 amide bonds. The molecule has 0 bridgehead atoms. The van der Waals surface area contributed by atoms with E-state index in [1.165, 1.54) is 98.6 Å². The Balaban J connectivity index is 0.953. The smallest absolute Gasteiger partial charge is 0.0973 e. The second kappa shape index (κ2) is 14.7. The molecule has 2 aliphatic rings. The van der Waals surface area contributed by atoms with Gasteiger partial charge in [-0.3, -0.25) is 0 Å². The Morgan fingerprint density at radius 3 is 1.49 bits per heavy atom. The fourth-order valence-electron chi connectivity index (χ4n) is 13.5. The Bertz CT molecular complexity index is 4780. The molecule has 0 saturated heterocycles. The lowest BCUT2D eigenvalue weighted by Crippen LogP contribution is -2.15. The van der Waals surface area contributed by atoms with Gasteiger partial charge in [0.1, 0.15) is 0 Å². The fraction of sp³-hybridized carbons (Fsp3) is 0.0857. The summed E-state index contributed by atoms with van der Waals surface area (Å²) in [4.78, 5) is 11.4. The van der Waals surface area contributed by atoms with Crippen LogP contribution < -0.4 is 0 Å². The molecule has 4 nitrogen and oxygen atoms in total. The quantitative estimate of drug-likeness (QED) is 0.165. The minimum Gasteiger partial charge on any atom is -0.309 e. The number of benzene rings is 11. The van der Waals surface area contributed by atoms with Crippen LogP contribution >= 0.6 is 0 Å². The predicted octanol–water partition coefficient (Wildman–Crippen LogP) is 18.1. The molecule has 11 aromatic carbocycles. The minimum absolute atomic E-state index is 0.157. The number of aromatic nitrogens is 4. The Morgan fingerprint density at radius 2 is 0.824 bits per heavy atom. The second-order valence-electron chi connectivity index (χ2n) is 21.7. The monoisotopic (exact) mass is 944 g/mol. The Morgan fingerprint density at radius 1 is 0.311 bits per heavy atom. The van der Waals surface area contributed by atoms with Gasteiger partial charge in [-0.25, -0.2) is 9.97 Å². The van der Waals surface area contributed by atoms with Gasteiger partial charge < -0.3 is 9.13 Å². The fourth-order valence-corrected chi connectivity index (χ4v) is 13.5. The van der Waals surface area contributed by atoms with Gasteiger partial charge >= 0.3 is 0 Å². The SMILES string of the molecule is CC1(C)c2ccccc2-c2ccc(-c3nc4ccc(-n5c6ccccc6c6cc7c8c9ccccc9c9ccccc9c8n(-c8ccccc8)c7cc65)cc4nc3-c3ccc4c(c3)C(C)(C)c3ccccc3-4)cc21. The largest absolute Gasteiger partial charge is 0.309 e. The Kier molecular flexibility index (Phi) is 8.27. The Hall–Kier alpha value is -9.12. The van der Waals surface area contributed by atoms with Gasteiger partial charge in [-0.05, 0) is 121 Å². The van der Waals surface area contributed by atoms with Gasteiger partial charge in [-0.2, -0.15) is 0 Å². The van der Waals surface area contributed by atoms with E-state index in [1.807, 2.05) is 0 Å². The highest BCUT2D eigenvalue weighted by Crippen LogP contribution is 2.52. The van der Waals surface area contributed by atoms with Gasteiger partial charge in [0.2, 0.25) is 0 Å². The van der Waals surface area contributed by atoms with Gasteiger partial charge in [0.25, 0.3) is 0 Å². The van der Waals surface area contributed by atoms with Crippen molar-refractivity contribution >= 4 is 76.2 Å². The lowest BCUT2D eigenvalue weighted by atomic mass is 9.81. The zero-order valence-corrected chi connectivity index (χ0v) is 41.6. The maximum Gasteiger partial charge on any atom is 0.0973 e. The molecule has 0 radical (unpaired) electrons. The van der Waals surface area contributed by atoms with E-state index in [1.54, 1.807) is 0 Å². The predicted molar refractivity (Wildman–Crippen MR) is 309 cm³/mol. The van der Waals surface area contributed by atoms with Crippen LogP contribution in [-0.2, 0) is 10.8 Å². The summed E-state index contributed by atoms with van der Waals surface area (Å²) in [5.41, 5.74) is 22.7. The molecule has 348 valence electrons. The van der Waals surface area contributed by atoms with E-state index in [9.17, 15) is 0 Å². The van der Waals surface area contributed by atoms with Crippen LogP contribution in [0.15, 0.2) is 218 Å². The maximum atomic E-state index is 5.75. The van der Waals surface area contributed by atoms with Crippen LogP contribution in [0.4, 0.5) is 0 Å². The first-order valence-electron chi connectivity index (χ1n) is 25.9. The third-order valence-corrected chi connectivity index (χ3v) is 17.1. The number of hydrogen-bond donors (Lipinski definition) is 0. The summed E-state index contributed by atoms with van der Waals surface area (Å²) in [7, 11) is 0. The average molecular weight is 945 g/mol. The first kappa shape index (κ1) is 41.5. The van der Waals surface area contributed by atoms with Crippen LogP contribution in [0.5, 0.6) is 0 Å². The van der Waals surface area contributed by atoms with Crippen molar-refractivity contribution in [2.75, 3.05) is 0 Å². The van der Waals surface area contributed by atoms with Crippen molar-refractivity contribution in [2.24, 2.45) is 0 Å². The van der Waals surface area contributed by atoms with Crippen molar-refractivity contribution in [2.45, 2.75) is 38.5 Å². The van der Waals surface area contributed by atoms with E-state index in [4.69, 9.17) is 9.97 Å². The van der Waals surface area contributed by atoms with Crippen LogP contribution in [0.2, 0.25) is 0 Å². The van der Waals surface area contributed by atoms with Crippen LogP contribution in [0.1, 0.15) is 49.9 Å². The molecular weight excluding hydrogens is 897 g/mol. The third-order valence-electron chi connectivity index (χ3n) is 17.1. The molecule has 0 spiro atoms. The second-order valence-corrected chi connectivity index (χ2v) is 21.7. The zero-order chi connectivity index (χ0) is 49.2. The highest BCUT2D eigenvalue weighted by molar-refractivity contribution is 6.33. The summed E-state index contributed by atoms with van der Waals surface area (Å²) in [5, 5.41) is 9.96. The molecule has 3 aromatic heterocycles. The summed E-state index contributed by atoms with van der Waals surface area (Å²) in [5.74, 6) is 0. The van der Waals surface area contributed by atoms with Gasteiger partial charge in [-0.1, -0.05) is 185 Å². The third kappa shape index (κ3) is 5.52. The lowest BCUT2D eigenvalue weighted by molar-refractivity contribution is 0.660. The average Bonchev–Trinajstić information content (AvgIpc) is 4.12. The van der Waals surface area contributed by atoms with Crippen molar-refractivity contribution in [3.63, 3.8) is 0 Å². The molecule has 0 unspecified atom stereocenters. The number of fused-ring (bicyclic) bond motifs is 18. The summed E-state index contributed by atoms with van der Waals surface area (Å²) < 4.78 is 4.94. The van der Waals surface area contributed by atoms with Crippen molar-refractivity contribution in [3.8, 4) is 56.1 Å². The first-order valence-corrected chi connectivity index (χ1v) is 25.9. The molecule has 0 aliphatic heterocycles. The van der Waals surface area contributed by atoms with Gasteiger partial charge in [0.05, 0.1) is 44.5 Å². The lowest BCUT2D eigenvalue weighted by Gasteiger charge is -2.23. The standard InChI is InChI=1S/C70H48N4/c1-69(2)56-27-15-12-22-47(56)49-33-30-41(36-58(49)69)66-67(42-31-34-50-48-23-13-16-28-57(48)70(3,4)59(50)37-42)72-61-38-44(32-35-60(61)71-66)73-62-29-17-14-24-51(62)54-39-55-64(40-63(54)73)74(43-18-6-5-7-19-43)68-53-26-11-9-21-46(53)45-20-8-10-25-52(45)65(55)68/h5-40H,1-4H3. The van der Waals surface area contributed by atoms with E-state index >= 15 is 0 Å². The zero-order valence-electron chi connectivity index (χ0n) is 41.6. The molecule has 0 fully saturated rings. The van der Waals surface area contributed by atoms with Crippen molar-refractivity contribution in [3.05, 3.63) is 241 Å². The number of para-hydroxylation sites is 2. The summed E-state index contributed by atoms with van der Waals surface area (Å²) in [6.45, 7) is 9.40. The van der Waals surface area contributed by atoms with Crippen LogP contribution in [-0.4, -0.2) is 19.1 Å². The van der Waals surface area contributed by atoms with Crippen LogP contribution in [0.25, 0.3) is 132 Å². The van der Waals surface area contributed by atoms with Crippen molar-refractivity contribution < 1.29 is 0 Å². The molecule has 74 heavy (non-hydrogen) atoms. The normalized spacial score (nSPS) is 14.2. The van der Waals surface area contributed by atoms with Crippen molar-refractivity contribution in [1.82, 2.24) is 19.1 Å². The van der Waals surface area contributed by atoms with E-state index in [0.717, 1.165) is 56.0 Å². The van der Waals surface area contributed by atoms with Crippen LogP contribution in [0.3, 0.4) is 0 Å². The summed E-state index contributed by atoms with van der Waals surface area (Å²) in [6.07, 6.45) is 0. The molecule has 3 heterocycles. The first-order chi connectivity index (χ1) is 36.2. The van der Waals surface area contributed by atoms with E-state index in [-0.39, 0.29) is 10.8 Å². The molecular formula is C70H48N4. The minimum atomic E-state index is -0.169. The highest BCUT2D eigenvalue weighted by Gasteiger charge is 2.37. The summed E-state index contributed by atoms with van der Waals surface area (Å²) >= 11 is 0. The number of nitrogens with zero attached hydrogens (tertiary/aromatic N) is 4. The maximum absolute atomic E-state index is 5.75. The van der Waals surface area contributed by atoms with Crippen LogP contribution in [0, 0.1) is 0 Å². The van der Waals surface area contributed by atoms with Gasteiger partial charge in [0, 0.05) is 60.3 Å². The molecule has 2 aliphatic carbocycles. The van der Waals surface area contributed by atoms with Gasteiger partial charge in [0.15, 0.2) is 0 Å². The van der Waals surface area contributed by atoms with E-state index < -0.39 is 0 Å². The molecule has 0 N–H and O–H groups in total.